The van der Waals surface area contributed by atoms with Gasteiger partial charge in [0.15, 0.2) is 0 Å². The molecule has 1 aromatic rings. The summed E-state index contributed by atoms with van der Waals surface area (Å²) in [6.07, 6.45) is 2.81. The molecule has 0 aromatic carbocycles. The Bertz CT molecular complexity index is 382. The molecule has 0 amide bonds. The van der Waals surface area contributed by atoms with Gasteiger partial charge in [-0.05, 0) is 6.42 Å². The molecule has 0 saturated carbocycles. The maximum Gasteiger partial charge on any atom is 0.339 e. The Hall–Kier alpha value is -1.69. The first-order chi connectivity index (χ1) is 8.19. The number of nitrogens with one attached hydrogen (secondary N) is 1. The number of carbonyl (C=O) groups is 1. The van der Waals surface area contributed by atoms with Crippen LogP contribution < -0.4 is 5.32 Å². The van der Waals surface area contributed by atoms with Crippen LogP contribution in [0.2, 0.25) is 0 Å². The molecule has 6 nitrogen and oxygen atoms in total. The van der Waals surface area contributed by atoms with Crippen molar-refractivity contribution < 1.29 is 14.6 Å². The van der Waals surface area contributed by atoms with E-state index in [1.807, 2.05) is 6.92 Å². The minimum Gasteiger partial charge on any atom is -0.478 e. The third-order valence-electron chi connectivity index (χ3n) is 2.17. The number of anilines is 1. The van der Waals surface area contributed by atoms with Crippen LogP contribution in [-0.4, -0.2) is 41.3 Å². The highest BCUT2D eigenvalue weighted by molar-refractivity contribution is 5.88. The third kappa shape index (κ3) is 3.99. The van der Waals surface area contributed by atoms with Crippen LogP contribution in [-0.2, 0) is 11.2 Å². The average molecular weight is 239 g/mol. The third-order valence-corrected chi connectivity index (χ3v) is 2.17. The fraction of sp³-hybridized carbons (Fsp3) is 0.545. The zero-order chi connectivity index (χ0) is 12.7. The number of aromatic nitrogens is 2. The van der Waals surface area contributed by atoms with Crippen molar-refractivity contribution in [3.63, 3.8) is 0 Å². The number of ether oxygens (including phenoxy) is 1. The Balaban J connectivity index is 2.81. The largest absolute Gasteiger partial charge is 0.478 e. The first-order valence-electron chi connectivity index (χ1n) is 5.51. The lowest BCUT2D eigenvalue weighted by Gasteiger charge is -2.07. The molecular weight excluding hydrogens is 222 g/mol. The number of methoxy groups -OCH3 is 1. The molecule has 2 N–H and O–H groups in total. The molecule has 1 rings (SSSR count). The number of carboxylic acids is 1. The minimum atomic E-state index is -0.989. The Kier molecular flexibility index (Phi) is 5.35. The topological polar surface area (TPSA) is 84.3 Å². The van der Waals surface area contributed by atoms with Crippen LogP contribution in [0.5, 0.6) is 0 Å². The Morgan fingerprint density at radius 3 is 2.94 bits per heavy atom. The van der Waals surface area contributed by atoms with Gasteiger partial charge in [0.2, 0.25) is 5.95 Å². The van der Waals surface area contributed by atoms with Crippen LogP contribution >= 0.6 is 0 Å². The van der Waals surface area contributed by atoms with Crippen molar-refractivity contribution in [1.29, 1.82) is 0 Å². The predicted molar refractivity (Wildman–Crippen MR) is 63.4 cm³/mol. The molecule has 0 radical (unpaired) electrons. The zero-order valence-electron chi connectivity index (χ0n) is 10.1. The van der Waals surface area contributed by atoms with Gasteiger partial charge < -0.3 is 15.2 Å². The van der Waals surface area contributed by atoms with E-state index in [4.69, 9.17) is 9.84 Å². The highest BCUT2D eigenvalue weighted by atomic mass is 16.5. The van der Waals surface area contributed by atoms with E-state index in [9.17, 15) is 4.79 Å². The second-order valence-corrected chi connectivity index (χ2v) is 3.53. The molecule has 0 aliphatic rings. The van der Waals surface area contributed by atoms with Crippen molar-refractivity contribution in [2.45, 2.75) is 19.8 Å². The van der Waals surface area contributed by atoms with Crippen molar-refractivity contribution in [3.8, 4) is 0 Å². The lowest BCUT2D eigenvalue weighted by molar-refractivity contribution is 0.0694. The van der Waals surface area contributed by atoms with E-state index in [1.54, 1.807) is 7.11 Å². The molecular formula is C11H17N3O3. The molecule has 94 valence electrons. The molecule has 0 unspecified atom stereocenters. The first-order valence-corrected chi connectivity index (χ1v) is 5.51. The number of rotatable bonds is 7. The van der Waals surface area contributed by atoms with Crippen molar-refractivity contribution in [1.82, 2.24) is 9.97 Å². The van der Waals surface area contributed by atoms with Crippen LogP contribution in [0.4, 0.5) is 5.95 Å². The van der Waals surface area contributed by atoms with Gasteiger partial charge in [0, 0.05) is 19.9 Å². The van der Waals surface area contributed by atoms with Crippen LogP contribution in [0.15, 0.2) is 6.20 Å². The maximum absolute atomic E-state index is 10.9. The van der Waals surface area contributed by atoms with E-state index >= 15 is 0 Å². The van der Waals surface area contributed by atoms with Crippen molar-refractivity contribution >= 4 is 11.9 Å². The second kappa shape index (κ2) is 6.80. The van der Waals surface area contributed by atoms with Gasteiger partial charge in [0.1, 0.15) is 0 Å². The summed E-state index contributed by atoms with van der Waals surface area (Å²) >= 11 is 0. The SMILES string of the molecule is CCCc1nc(NCCOC)ncc1C(=O)O. The van der Waals surface area contributed by atoms with E-state index in [1.165, 1.54) is 6.20 Å². The summed E-state index contributed by atoms with van der Waals surface area (Å²) in [7, 11) is 1.61. The van der Waals surface area contributed by atoms with Gasteiger partial charge in [0.25, 0.3) is 0 Å². The fourth-order valence-corrected chi connectivity index (χ4v) is 1.37. The number of aryl methyl sites for hydroxylation is 1. The molecule has 0 aliphatic heterocycles. The lowest BCUT2D eigenvalue weighted by Crippen LogP contribution is -2.13. The van der Waals surface area contributed by atoms with Gasteiger partial charge in [-0.3, -0.25) is 0 Å². The molecule has 0 bridgehead atoms. The van der Waals surface area contributed by atoms with Crippen molar-refractivity contribution in [2.75, 3.05) is 25.6 Å². The second-order valence-electron chi connectivity index (χ2n) is 3.53. The lowest BCUT2D eigenvalue weighted by atomic mass is 10.1. The standard InChI is InChI=1S/C11H17N3O3/c1-3-4-9-8(10(15)16)7-13-11(14-9)12-5-6-17-2/h7H,3-6H2,1-2H3,(H,15,16)(H,12,13,14). The molecule has 1 heterocycles. The molecule has 1 aromatic heterocycles. The minimum absolute atomic E-state index is 0.171. The molecule has 0 fully saturated rings. The summed E-state index contributed by atoms with van der Waals surface area (Å²) in [6, 6.07) is 0. The van der Waals surface area contributed by atoms with Crippen molar-refractivity contribution in [3.05, 3.63) is 17.5 Å². The molecule has 0 atom stereocenters. The van der Waals surface area contributed by atoms with Crippen LogP contribution in [0, 0.1) is 0 Å². The summed E-state index contributed by atoms with van der Waals surface area (Å²) in [5.74, 6) is -0.549. The maximum atomic E-state index is 10.9. The summed E-state index contributed by atoms with van der Waals surface area (Å²) in [6.45, 7) is 3.12. The van der Waals surface area contributed by atoms with E-state index in [0.29, 0.717) is 31.2 Å². The summed E-state index contributed by atoms with van der Waals surface area (Å²) < 4.78 is 4.89. The van der Waals surface area contributed by atoms with Gasteiger partial charge in [-0.1, -0.05) is 13.3 Å². The number of aromatic carboxylic acids is 1. The zero-order valence-corrected chi connectivity index (χ0v) is 10.1. The van der Waals surface area contributed by atoms with E-state index in [2.05, 4.69) is 15.3 Å². The quantitative estimate of drug-likeness (QED) is 0.695. The van der Waals surface area contributed by atoms with E-state index in [0.717, 1.165) is 6.42 Å². The van der Waals surface area contributed by atoms with Gasteiger partial charge in [-0.15, -0.1) is 0 Å². The monoisotopic (exact) mass is 239 g/mol. The summed E-state index contributed by atoms with van der Waals surface area (Å²) in [5, 5.41) is 11.9. The summed E-state index contributed by atoms with van der Waals surface area (Å²) in [5.41, 5.74) is 0.735. The molecule has 17 heavy (non-hydrogen) atoms. The molecule has 6 heteroatoms. The van der Waals surface area contributed by atoms with Gasteiger partial charge in [-0.2, -0.15) is 0 Å². The number of nitrogens with zero attached hydrogens (tertiary/aromatic N) is 2. The average Bonchev–Trinajstić information content (AvgIpc) is 2.30. The Morgan fingerprint density at radius 1 is 1.59 bits per heavy atom. The fourth-order valence-electron chi connectivity index (χ4n) is 1.37. The van der Waals surface area contributed by atoms with Crippen LogP contribution in [0.3, 0.4) is 0 Å². The number of hydrogen-bond acceptors (Lipinski definition) is 5. The normalized spacial score (nSPS) is 10.2. The van der Waals surface area contributed by atoms with Gasteiger partial charge >= 0.3 is 5.97 Å². The Morgan fingerprint density at radius 2 is 2.35 bits per heavy atom. The number of carboxylic acid groups (broad SMARTS) is 1. The van der Waals surface area contributed by atoms with Crippen LogP contribution in [0.1, 0.15) is 29.4 Å². The van der Waals surface area contributed by atoms with E-state index in [-0.39, 0.29) is 5.56 Å². The first kappa shape index (κ1) is 13.4. The van der Waals surface area contributed by atoms with Gasteiger partial charge in [0.05, 0.1) is 17.9 Å². The van der Waals surface area contributed by atoms with Crippen LogP contribution in [0.25, 0.3) is 0 Å². The Labute approximate surface area is 100 Å². The highest BCUT2D eigenvalue weighted by Crippen LogP contribution is 2.10. The molecule has 0 saturated heterocycles. The molecule has 0 aliphatic carbocycles. The van der Waals surface area contributed by atoms with Crippen molar-refractivity contribution in [2.24, 2.45) is 0 Å². The highest BCUT2D eigenvalue weighted by Gasteiger charge is 2.12. The summed E-state index contributed by atoms with van der Waals surface area (Å²) in [4.78, 5) is 19.1. The molecule has 0 spiro atoms. The van der Waals surface area contributed by atoms with Gasteiger partial charge in [-0.25, -0.2) is 14.8 Å². The number of hydrogen-bond donors (Lipinski definition) is 2. The smallest absolute Gasteiger partial charge is 0.339 e. The van der Waals surface area contributed by atoms with E-state index < -0.39 is 5.97 Å². The predicted octanol–water partition coefficient (Wildman–Crippen LogP) is 1.19.